The van der Waals surface area contributed by atoms with Crippen LogP contribution in [0.1, 0.15) is 13.8 Å². The van der Waals surface area contributed by atoms with Gasteiger partial charge in [0.1, 0.15) is 22.4 Å². The summed E-state index contributed by atoms with van der Waals surface area (Å²) in [4.78, 5) is 10.2. The van der Waals surface area contributed by atoms with Crippen molar-refractivity contribution in [1.82, 2.24) is 9.97 Å². The monoisotopic (exact) mass is 288 g/mol. The fourth-order valence-electron chi connectivity index (χ4n) is 1.33. The minimum atomic E-state index is 0.458. The maximum absolute atomic E-state index is 5.71. The van der Waals surface area contributed by atoms with E-state index >= 15 is 0 Å². The summed E-state index contributed by atoms with van der Waals surface area (Å²) in [5, 5.41) is 0. The number of rotatable bonds is 6. The van der Waals surface area contributed by atoms with E-state index in [1.165, 1.54) is 6.33 Å². The Balaban J connectivity index is 2.74. The Kier molecular flexibility index (Phi) is 5.48. The van der Waals surface area contributed by atoms with E-state index in [1.807, 2.05) is 6.92 Å². The molecule has 2 N–H and O–H groups in total. The second-order valence-electron chi connectivity index (χ2n) is 3.17. The van der Waals surface area contributed by atoms with E-state index in [4.69, 9.17) is 10.5 Å². The van der Waals surface area contributed by atoms with Crippen LogP contribution in [0.15, 0.2) is 10.8 Å². The molecule has 0 unspecified atom stereocenters. The number of nitrogens with two attached hydrogens (primary N) is 1. The zero-order valence-electron chi connectivity index (χ0n) is 9.61. The third kappa shape index (κ3) is 3.31. The van der Waals surface area contributed by atoms with Gasteiger partial charge in [-0.3, -0.25) is 0 Å². The van der Waals surface area contributed by atoms with E-state index < -0.39 is 0 Å². The van der Waals surface area contributed by atoms with Gasteiger partial charge in [0.05, 0.1) is 6.61 Å². The fourth-order valence-corrected chi connectivity index (χ4v) is 1.78. The highest BCUT2D eigenvalue weighted by Crippen LogP contribution is 2.26. The molecule has 0 aliphatic rings. The van der Waals surface area contributed by atoms with Crippen LogP contribution in [-0.2, 0) is 4.74 Å². The minimum Gasteiger partial charge on any atom is -0.383 e. The quantitative estimate of drug-likeness (QED) is 0.807. The van der Waals surface area contributed by atoms with Gasteiger partial charge in [-0.15, -0.1) is 0 Å². The zero-order valence-corrected chi connectivity index (χ0v) is 11.2. The smallest absolute Gasteiger partial charge is 0.148 e. The molecule has 0 aromatic carbocycles. The molecule has 0 radical (unpaired) electrons. The molecule has 0 saturated heterocycles. The number of hydrogen-bond donors (Lipinski definition) is 1. The molecule has 90 valence electrons. The third-order valence-corrected chi connectivity index (χ3v) is 2.95. The summed E-state index contributed by atoms with van der Waals surface area (Å²) in [5.41, 5.74) is 5.71. The molecular weight excluding hydrogens is 272 g/mol. The lowest BCUT2D eigenvalue weighted by molar-refractivity contribution is 0.154. The van der Waals surface area contributed by atoms with Gasteiger partial charge in [-0.25, -0.2) is 9.97 Å². The Morgan fingerprint density at radius 3 is 2.81 bits per heavy atom. The van der Waals surface area contributed by atoms with Gasteiger partial charge in [-0.05, 0) is 29.8 Å². The van der Waals surface area contributed by atoms with Gasteiger partial charge in [0.2, 0.25) is 0 Å². The van der Waals surface area contributed by atoms with Gasteiger partial charge in [-0.1, -0.05) is 0 Å². The lowest BCUT2D eigenvalue weighted by atomic mass is 10.4. The van der Waals surface area contributed by atoms with Gasteiger partial charge >= 0.3 is 0 Å². The molecule has 1 aromatic heterocycles. The number of aromatic nitrogens is 2. The Labute approximate surface area is 104 Å². The molecule has 16 heavy (non-hydrogen) atoms. The first-order valence-electron chi connectivity index (χ1n) is 5.29. The first kappa shape index (κ1) is 13.2. The van der Waals surface area contributed by atoms with Gasteiger partial charge in [0.25, 0.3) is 0 Å². The lowest BCUT2D eigenvalue weighted by Gasteiger charge is -2.22. The molecular formula is C10H17BrN4O. The molecule has 0 spiro atoms. The van der Waals surface area contributed by atoms with Crippen molar-refractivity contribution in [3.8, 4) is 0 Å². The van der Waals surface area contributed by atoms with Gasteiger partial charge in [0.15, 0.2) is 0 Å². The largest absolute Gasteiger partial charge is 0.383 e. The van der Waals surface area contributed by atoms with Crippen LogP contribution in [0.5, 0.6) is 0 Å². The van der Waals surface area contributed by atoms with Crippen molar-refractivity contribution in [2.45, 2.75) is 13.8 Å². The molecule has 1 aromatic rings. The van der Waals surface area contributed by atoms with Gasteiger partial charge in [0, 0.05) is 19.7 Å². The van der Waals surface area contributed by atoms with Crippen LogP contribution in [0.2, 0.25) is 0 Å². The normalized spacial score (nSPS) is 10.4. The van der Waals surface area contributed by atoms with E-state index in [2.05, 4.69) is 37.7 Å². The number of halogens is 1. The van der Waals surface area contributed by atoms with Crippen molar-refractivity contribution in [3.05, 3.63) is 10.8 Å². The Hall–Kier alpha value is -0.880. The van der Waals surface area contributed by atoms with E-state index in [0.717, 1.165) is 30.0 Å². The van der Waals surface area contributed by atoms with Crippen molar-refractivity contribution in [2.75, 3.05) is 36.9 Å². The molecule has 0 amide bonds. The Bertz CT molecular complexity index is 335. The van der Waals surface area contributed by atoms with E-state index in [1.54, 1.807) is 0 Å². The fraction of sp³-hybridized carbons (Fsp3) is 0.600. The highest BCUT2D eigenvalue weighted by atomic mass is 79.9. The summed E-state index contributed by atoms with van der Waals surface area (Å²) in [7, 11) is 0. The lowest BCUT2D eigenvalue weighted by Crippen LogP contribution is -2.28. The summed E-state index contributed by atoms with van der Waals surface area (Å²) in [5.74, 6) is 1.27. The second kappa shape index (κ2) is 6.65. The summed E-state index contributed by atoms with van der Waals surface area (Å²) in [6, 6.07) is 0. The van der Waals surface area contributed by atoms with Crippen LogP contribution in [0, 0.1) is 0 Å². The number of ether oxygens (including phenoxy) is 1. The molecule has 0 bridgehead atoms. The second-order valence-corrected chi connectivity index (χ2v) is 3.97. The van der Waals surface area contributed by atoms with Crippen molar-refractivity contribution in [2.24, 2.45) is 0 Å². The van der Waals surface area contributed by atoms with Crippen LogP contribution in [0.4, 0.5) is 11.6 Å². The maximum Gasteiger partial charge on any atom is 0.148 e. The Morgan fingerprint density at radius 1 is 1.44 bits per heavy atom. The highest BCUT2D eigenvalue weighted by Gasteiger charge is 2.12. The zero-order chi connectivity index (χ0) is 12.0. The predicted octanol–water partition coefficient (Wildman–Crippen LogP) is 1.68. The number of anilines is 2. The third-order valence-electron chi connectivity index (χ3n) is 2.19. The summed E-state index contributed by atoms with van der Waals surface area (Å²) in [6.45, 7) is 7.10. The summed E-state index contributed by atoms with van der Waals surface area (Å²) in [6.07, 6.45) is 1.47. The maximum atomic E-state index is 5.71. The predicted molar refractivity (Wildman–Crippen MR) is 68.5 cm³/mol. The molecule has 0 aliphatic carbocycles. The molecule has 1 heterocycles. The number of likely N-dealkylation sites (N-methyl/N-ethyl adjacent to an activating group) is 1. The van der Waals surface area contributed by atoms with Crippen LogP contribution >= 0.6 is 15.9 Å². The highest BCUT2D eigenvalue weighted by molar-refractivity contribution is 9.10. The van der Waals surface area contributed by atoms with Crippen LogP contribution in [0.3, 0.4) is 0 Å². The van der Waals surface area contributed by atoms with Crippen LogP contribution in [0.25, 0.3) is 0 Å². The molecule has 0 aliphatic heterocycles. The minimum absolute atomic E-state index is 0.458. The van der Waals surface area contributed by atoms with Crippen LogP contribution < -0.4 is 10.6 Å². The molecule has 0 atom stereocenters. The molecule has 5 nitrogen and oxygen atoms in total. The average molecular weight is 289 g/mol. The van der Waals surface area contributed by atoms with E-state index in [-0.39, 0.29) is 0 Å². The molecule has 1 rings (SSSR count). The van der Waals surface area contributed by atoms with Gasteiger partial charge in [-0.2, -0.15) is 0 Å². The van der Waals surface area contributed by atoms with Crippen molar-refractivity contribution < 1.29 is 4.74 Å². The molecule has 0 fully saturated rings. The topological polar surface area (TPSA) is 64.3 Å². The Morgan fingerprint density at radius 2 is 2.19 bits per heavy atom. The van der Waals surface area contributed by atoms with Gasteiger partial charge < -0.3 is 15.4 Å². The van der Waals surface area contributed by atoms with E-state index in [0.29, 0.717) is 12.4 Å². The van der Waals surface area contributed by atoms with Crippen molar-refractivity contribution >= 4 is 27.6 Å². The SMILES string of the molecule is CCOCCN(CC)c1ncnc(N)c1Br. The number of hydrogen-bond acceptors (Lipinski definition) is 5. The van der Waals surface area contributed by atoms with E-state index in [9.17, 15) is 0 Å². The van der Waals surface area contributed by atoms with Crippen molar-refractivity contribution in [1.29, 1.82) is 0 Å². The van der Waals surface area contributed by atoms with Crippen molar-refractivity contribution in [3.63, 3.8) is 0 Å². The average Bonchev–Trinajstić information content (AvgIpc) is 2.29. The number of nitrogens with zero attached hydrogens (tertiary/aromatic N) is 3. The summed E-state index contributed by atoms with van der Waals surface area (Å²) >= 11 is 3.40. The summed E-state index contributed by atoms with van der Waals surface area (Å²) < 4.78 is 6.07. The first-order chi connectivity index (χ1) is 7.70. The first-order valence-corrected chi connectivity index (χ1v) is 6.08. The molecule has 0 saturated carbocycles. The number of nitrogen functional groups attached to an aromatic ring is 1. The van der Waals surface area contributed by atoms with Crippen LogP contribution in [-0.4, -0.2) is 36.3 Å². The molecule has 6 heteroatoms. The standard InChI is InChI=1S/C10H17BrN4O/c1-3-15(5-6-16-4-2)10-8(11)9(12)13-7-14-10/h7H,3-6H2,1-2H3,(H2,12,13,14).